The molecule has 0 atom stereocenters. The summed E-state index contributed by atoms with van der Waals surface area (Å²) in [5, 5.41) is 4.62. The van der Waals surface area contributed by atoms with Gasteiger partial charge in [-0.05, 0) is 31.0 Å². The number of primary amides is 1. The standard InChI is InChI=1S/C22H31F6N3O2/c23-21(24,25)17-13-12-16(15-18(17)22(26,27)28)31-20(33)30-14-10-8-6-4-2-1-3-5-7-9-11-19(29)32/h12-13,15H,1-11,14H2,(H2,29,32)(H2,30,31,33). The molecule has 1 aromatic rings. The maximum Gasteiger partial charge on any atom is 0.417 e. The van der Waals surface area contributed by atoms with Gasteiger partial charge < -0.3 is 16.4 Å². The number of anilines is 1. The van der Waals surface area contributed by atoms with Crippen LogP contribution in [0.15, 0.2) is 18.2 Å². The van der Waals surface area contributed by atoms with Crippen LogP contribution in [0, 0.1) is 0 Å². The van der Waals surface area contributed by atoms with Crippen molar-refractivity contribution >= 4 is 17.6 Å². The lowest BCUT2D eigenvalue weighted by molar-refractivity contribution is -0.162. The highest BCUT2D eigenvalue weighted by Crippen LogP contribution is 2.41. The van der Waals surface area contributed by atoms with Crippen molar-refractivity contribution in [2.75, 3.05) is 11.9 Å². The SMILES string of the molecule is NC(=O)CCCCCCCCCCCCNC(=O)Nc1ccc(C(F)(F)F)c(C(F)(F)F)c1. The van der Waals surface area contributed by atoms with Gasteiger partial charge in [-0.3, -0.25) is 4.79 Å². The summed E-state index contributed by atoms with van der Waals surface area (Å²) >= 11 is 0. The molecule has 0 aromatic heterocycles. The van der Waals surface area contributed by atoms with Gasteiger partial charge in [0.2, 0.25) is 5.91 Å². The molecule has 0 aliphatic rings. The molecule has 0 aliphatic carbocycles. The van der Waals surface area contributed by atoms with E-state index in [0.717, 1.165) is 63.9 Å². The van der Waals surface area contributed by atoms with Crippen LogP contribution in [0.5, 0.6) is 0 Å². The number of carbonyl (C=O) groups excluding carboxylic acids is 2. The Morgan fingerprint density at radius 1 is 0.727 bits per heavy atom. The first-order valence-corrected chi connectivity index (χ1v) is 11.0. The third kappa shape index (κ3) is 12.4. The molecule has 0 radical (unpaired) electrons. The van der Waals surface area contributed by atoms with Gasteiger partial charge in [-0.15, -0.1) is 0 Å². The van der Waals surface area contributed by atoms with Gasteiger partial charge in [0.05, 0.1) is 11.1 Å². The fraction of sp³-hybridized carbons (Fsp3) is 0.636. The summed E-state index contributed by atoms with van der Waals surface area (Å²) in [4.78, 5) is 22.4. The van der Waals surface area contributed by atoms with Gasteiger partial charge in [0.25, 0.3) is 0 Å². The highest BCUT2D eigenvalue weighted by Gasteiger charge is 2.43. The predicted molar refractivity (Wildman–Crippen MR) is 113 cm³/mol. The highest BCUT2D eigenvalue weighted by atomic mass is 19.4. The van der Waals surface area contributed by atoms with Crippen LogP contribution < -0.4 is 16.4 Å². The Hall–Kier alpha value is -2.46. The summed E-state index contributed by atoms with van der Waals surface area (Å²) in [7, 11) is 0. The molecule has 11 heteroatoms. The van der Waals surface area contributed by atoms with Crippen LogP contribution in [0.3, 0.4) is 0 Å². The highest BCUT2D eigenvalue weighted by molar-refractivity contribution is 5.89. The van der Waals surface area contributed by atoms with Gasteiger partial charge in [0, 0.05) is 18.7 Å². The number of hydrogen-bond acceptors (Lipinski definition) is 2. The molecule has 0 spiro atoms. The summed E-state index contributed by atoms with van der Waals surface area (Å²) in [5.41, 5.74) is 1.05. The van der Waals surface area contributed by atoms with E-state index in [4.69, 9.17) is 5.73 Å². The molecular weight excluding hydrogens is 452 g/mol. The van der Waals surface area contributed by atoms with Gasteiger partial charge >= 0.3 is 18.4 Å². The van der Waals surface area contributed by atoms with Gasteiger partial charge in [-0.1, -0.05) is 51.4 Å². The van der Waals surface area contributed by atoms with E-state index in [1.54, 1.807) is 0 Å². The number of nitrogens with two attached hydrogens (primary N) is 1. The Kier molecular flexibility index (Phi) is 12.1. The largest absolute Gasteiger partial charge is 0.417 e. The lowest BCUT2D eigenvalue weighted by atomic mass is 10.1. The molecule has 33 heavy (non-hydrogen) atoms. The minimum atomic E-state index is -5.20. The van der Waals surface area contributed by atoms with Crippen molar-refractivity contribution in [2.24, 2.45) is 5.73 Å². The molecule has 0 fully saturated rings. The molecule has 0 saturated carbocycles. The zero-order chi connectivity index (χ0) is 24.9. The Labute approximate surface area is 189 Å². The van der Waals surface area contributed by atoms with E-state index in [0.29, 0.717) is 25.5 Å². The van der Waals surface area contributed by atoms with E-state index in [-0.39, 0.29) is 17.7 Å². The number of benzene rings is 1. The minimum absolute atomic E-state index is 0.267. The first-order chi connectivity index (χ1) is 15.4. The second-order valence-electron chi connectivity index (χ2n) is 7.89. The molecule has 0 bridgehead atoms. The number of alkyl halides is 6. The maximum atomic E-state index is 12.9. The van der Waals surface area contributed by atoms with Crippen molar-refractivity contribution in [3.05, 3.63) is 29.3 Å². The monoisotopic (exact) mass is 483 g/mol. The molecule has 188 valence electrons. The summed E-state index contributed by atoms with van der Waals surface area (Å²) < 4.78 is 77.2. The summed E-state index contributed by atoms with van der Waals surface area (Å²) in [6.07, 6.45) is -0.0951. The summed E-state index contributed by atoms with van der Waals surface area (Å²) in [5.74, 6) is -0.267. The molecule has 1 aromatic carbocycles. The van der Waals surface area contributed by atoms with Crippen molar-refractivity contribution in [3.63, 3.8) is 0 Å². The Morgan fingerprint density at radius 3 is 1.70 bits per heavy atom. The zero-order valence-corrected chi connectivity index (χ0v) is 18.4. The topological polar surface area (TPSA) is 84.2 Å². The molecule has 0 saturated heterocycles. The van der Waals surface area contributed by atoms with Crippen molar-refractivity contribution in [1.82, 2.24) is 5.32 Å². The smallest absolute Gasteiger partial charge is 0.370 e. The van der Waals surface area contributed by atoms with Crippen LogP contribution in [0.4, 0.5) is 36.8 Å². The van der Waals surface area contributed by atoms with E-state index in [1.807, 2.05) is 0 Å². The Morgan fingerprint density at radius 2 is 1.21 bits per heavy atom. The average Bonchev–Trinajstić information content (AvgIpc) is 2.69. The van der Waals surface area contributed by atoms with Crippen LogP contribution >= 0.6 is 0 Å². The Bertz CT molecular complexity index is 751. The lowest BCUT2D eigenvalue weighted by Gasteiger charge is -2.17. The Balaban J connectivity index is 2.21. The second kappa shape index (κ2) is 13.9. The maximum absolute atomic E-state index is 12.9. The van der Waals surface area contributed by atoms with Crippen molar-refractivity contribution in [2.45, 2.75) is 83.0 Å². The number of halogens is 6. The van der Waals surface area contributed by atoms with E-state index in [1.165, 1.54) is 0 Å². The van der Waals surface area contributed by atoms with E-state index < -0.39 is 29.5 Å². The van der Waals surface area contributed by atoms with E-state index >= 15 is 0 Å². The molecule has 1 rings (SSSR count). The normalized spacial score (nSPS) is 11.9. The molecule has 5 nitrogen and oxygen atoms in total. The van der Waals surface area contributed by atoms with Gasteiger partial charge in [-0.25, -0.2) is 4.79 Å². The number of carbonyl (C=O) groups is 2. The quantitative estimate of drug-likeness (QED) is 0.205. The van der Waals surface area contributed by atoms with Crippen molar-refractivity contribution < 1.29 is 35.9 Å². The lowest BCUT2D eigenvalue weighted by Crippen LogP contribution is -2.29. The van der Waals surface area contributed by atoms with Crippen LogP contribution in [0.1, 0.15) is 81.8 Å². The van der Waals surface area contributed by atoms with E-state index in [9.17, 15) is 35.9 Å². The van der Waals surface area contributed by atoms with E-state index in [2.05, 4.69) is 10.6 Å². The number of rotatable bonds is 14. The first-order valence-electron chi connectivity index (χ1n) is 11.0. The summed E-state index contributed by atoms with van der Waals surface area (Å²) in [6.45, 7) is 0.304. The van der Waals surface area contributed by atoms with Gasteiger partial charge in [0.1, 0.15) is 0 Å². The second-order valence-corrected chi connectivity index (χ2v) is 7.89. The third-order valence-electron chi connectivity index (χ3n) is 5.02. The predicted octanol–water partition coefficient (Wildman–Crippen LogP) is 6.62. The zero-order valence-electron chi connectivity index (χ0n) is 18.4. The molecule has 0 unspecified atom stereocenters. The number of amides is 3. The molecule has 4 N–H and O–H groups in total. The average molecular weight is 483 g/mol. The minimum Gasteiger partial charge on any atom is -0.370 e. The third-order valence-corrected chi connectivity index (χ3v) is 5.02. The van der Waals surface area contributed by atoms with Crippen LogP contribution in [0.2, 0.25) is 0 Å². The fourth-order valence-corrected chi connectivity index (χ4v) is 3.32. The first kappa shape index (κ1) is 28.6. The fourth-order valence-electron chi connectivity index (χ4n) is 3.32. The van der Waals surface area contributed by atoms with Crippen molar-refractivity contribution in [1.29, 1.82) is 0 Å². The number of nitrogens with one attached hydrogen (secondary N) is 2. The van der Waals surface area contributed by atoms with Gasteiger partial charge in [-0.2, -0.15) is 26.3 Å². The molecular formula is C22H31F6N3O2. The van der Waals surface area contributed by atoms with Crippen molar-refractivity contribution in [3.8, 4) is 0 Å². The number of hydrogen-bond donors (Lipinski definition) is 3. The number of urea groups is 1. The molecule has 0 aliphatic heterocycles. The van der Waals surface area contributed by atoms with Crippen LogP contribution in [0.25, 0.3) is 0 Å². The van der Waals surface area contributed by atoms with Gasteiger partial charge in [0.15, 0.2) is 0 Å². The van der Waals surface area contributed by atoms with Crippen LogP contribution in [-0.4, -0.2) is 18.5 Å². The molecule has 0 heterocycles. The number of unbranched alkanes of at least 4 members (excludes halogenated alkanes) is 9. The summed E-state index contributed by atoms with van der Waals surface area (Å²) in [6, 6.07) is 0.592. The van der Waals surface area contributed by atoms with Crippen LogP contribution in [-0.2, 0) is 17.1 Å². The molecule has 3 amide bonds.